The van der Waals surface area contributed by atoms with Gasteiger partial charge < -0.3 is 15.2 Å². The van der Waals surface area contributed by atoms with Crippen LogP contribution >= 0.6 is 0 Å². The third-order valence-electron chi connectivity index (χ3n) is 4.65. The number of amides is 2. The van der Waals surface area contributed by atoms with Crippen LogP contribution in [0.3, 0.4) is 0 Å². The number of carbonyl (C=O) groups is 2. The molecule has 0 spiro atoms. The maximum atomic E-state index is 12.4. The number of carbonyl (C=O) groups excluding carboxylic acids is 2. The number of para-hydroxylation sites is 2. The van der Waals surface area contributed by atoms with Crippen molar-refractivity contribution < 1.29 is 9.59 Å². The lowest BCUT2D eigenvalue weighted by Gasteiger charge is -2.07. The van der Waals surface area contributed by atoms with Crippen molar-refractivity contribution >= 4 is 28.5 Å². The zero-order valence-electron chi connectivity index (χ0n) is 14.5. The molecular weight excluding hydrogens is 328 g/mol. The molecule has 1 heterocycles. The third kappa shape index (κ3) is 3.31. The minimum atomic E-state index is -0.169. The lowest BCUT2D eigenvalue weighted by Crippen LogP contribution is -2.24. The fourth-order valence-corrected chi connectivity index (χ4v) is 2.91. The first-order chi connectivity index (χ1) is 12.6. The van der Waals surface area contributed by atoms with Crippen LogP contribution in [0.15, 0.2) is 48.5 Å². The summed E-state index contributed by atoms with van der Waals surface area (Å²) in [5, 5.41) is 5.76. The largest absolute Gasteiger partial charge is 0.345 e. The van der Waals surface area contributed by atoms with Crippen LogP contribution in [0.1, 0.15) is 29.0 Å². The van der Waals surface area contributed by atoms with E-state index in [0.717, 1.165) is 29.7 Å². The Bertz CT molecular complexity index is 971. The van der Waals surface area contributed by atoms with Gasteiger partial charge in [0.15, 0.2) is 0 Å². The highest BCUT2D eigenvalue weighted by Crippen LogP contribution is 2.30. The smallest absolute Gasteiger partial charge is 0.251 e. The predicted molar refractivity (Wildman–Crippen MR) is 99.7 cm³/mol. The van der Waals surface area contributed by atoms with Crippen molar-refractivity contribution in [2.24, 2.45) is 13.0 Å². The van der Waals surface area contributed by atoms with Crippen LogP contribution in [0.25, 0.3) is 11.0 Å². The van der Waals surface area contributed by atoms with Crippen molar-refractivity contribution in [2.75, 3.05) is 5.32 Å². The molecule has 3 aromatic rings. The van der Waals surface area contributed by atoms with Gasteiger partial charge in [-0.2, -0.15) is 0 Å². The van der Waals surface area contributed by atoms with Gasteiger partial charge in [0.2, 0.25) is 5.91 Å². The summed E-state index contributed by atoms with van der Waals surface area (Å²) in [6.07, 6.45) is 1.93. The summed E-state index contributed by atoms with van der Waals surface area (Å²) in [5.41, 5.74) is 3.21. The van der Waals surface area contributed by atoms with Crippen molar-refractivity contribution in [2.45, 2.75) is 19.4 Å². The summed E-state index contributed by atoms with van der Waals surface area (Å²) in [6, 6.07) is 14.8. The van der Waals surface area contributed by atoms with Crippen molar-refractivity contribution in [3.05, 3.63) is 59.9 Å². The summed E-state index contributed by atoms with van der Waals surface area (Å²) in [5.74, 6) is 0.848. The maximum Gasteiger partial charge on any atom is 0.251 e. The minimum Gasteiger partial charge on any atom is -0.345 e. The number of nitrogens with zero attached hydrogens (tertiary/aromatic N) is 2. The Kier molecular flexibility index (Phi) is 4.16. The molecule has 1 aliphatic carbocycles. The van der Waals surface area contributed by atoms with Gasteiger partial charge in [-0.15, -0.1) is 0 Å². The zero-order chi connectivity index (χ0) is 18.1. The number of fused-ring (bicyclic) bond motifs is 1. The van der Waals surface area contributed by atoms with Gasteiger partial charge >= 0.3 is 0 Å². The number of rotatable bonds is 5. The molecule has 26 heavy (non-hydrogen) atoms. The van der Waals surface area contributed by atoms with Gasteiger partial charge in [0, 0.05) is 24.2 Å². The average molecular weight is 348 g/mol. The van der Waals surface area contributed by atoms with E-state index < -0.39 is 0 Å². The van der Waals surface area contributed by atoms with Crippen LogP contribution in [-0.4, -0.2) is 21.4 Å². The van der Waals surface area contributed by atoms with E-state index in [0.29, 0.717) is 17.8 Å². The van der Waals surface area contributed by atoms with Gasteiger partial charge in [-0.05, 0) is 49.2 Å². The van der Waals surface area contributed by atoms with E-state index in [2.05, 4.69) is 15.6 Å². The molecule has 0 atom stereocenters. The average Bonchev–Trinajstić information content (AvgIpc) is 3.46. The number of anilines is 1. The lowest BCUT2D eigenvalue weighted by atomic mass is 10.2. The Morgan fingerprint density at radius 3 is 2.54 bits per heavy atom. The number of benzene rings is 2. The quantitative estimate of drug-likeness (QED) is 0.744. The number of aryl methyl sites for hydroxylation is 1. The highest BCUT2D eigenvalue weighted by Gasteiger charge is 2.29. The van der Waals surface area contributed by atoms with E-state index in [1.54, 1.807) is 24.3 Å². The molecule has 1 aromatic heterocycles. The number of aromatic nitrogens is 2. The first kappa shape index (κ1) is 16.3. The normalized spacial score (nSPS) is 13.6. The fourth-order valence-electron chi connectivity index (χ4n) is 2.91. The summed E-state index contributed by atoms with van der Waals surface area (Å²) < 4.78 is 1.98. The molecule has 2 amide bonds. The molecule has 0 bridgehead atoms. The van der Waals surface area contributed by atoms with Crippen molar-refractivity contribution in [1.29, 1.82) is 0 Å². The Balaban J connectivity index is 1.39. The molecule has 1 saturated carbocycles. The molecule has 1 aliphatic rings. The molecule has 0 aliphatic heterocycles. The molecule has 6 heteroatoms. The second-order valence-electron chi connectivity index (χ2n) is 6.60. The molecule has 2 aromatic carbocycles. The van der Waals surface area contributed by atoms with Crippen LogP contribution in [0.4, 0.5) is 5.69 Å². The zero-order valence-corrected chi connectivity index (χ0v) is 14.5. The van der Waals surface area contributed by atoms with Gasteiger partial charge in [-0.1, -0.05) is 12.1 Å². The maximum absolute atomic E-state index is 12.4. The number of imidazole rings is 1. The summed E-state index contributed by atoms with van der Waals surface area (Å²) in [6.45, 7) is 0.351. The molecule has 0 unspecified atom stereocenters. The molecule has 0 saturated heterocycles. The SMILES string of the molecule is Cn1c(CNC(=O)c2ccc(NC(=O)C3CC3)cc2)nc2ccccc21. The van der Waals surface area contributed by atoms with E-state index in [1.807, 2.05) is 35.9 Å². The lowest BCUT2D eigenvalue weighted by molar-refractivity contribution is -0.117. The number of hydrogen-bond acceptors (Lipinski definition) is 3. The van der Waals surface area contributed by atoms with Gasteiger partial charge in [0.05, 0.1) is 17.6 Å². The van der Waals surface area contributed by atoms with E-state index in [-0.39, 0.29) is 17.7 Å². The molecule has 6 nitrogen and oxygen atoms in total. The van der Waals surface area contributed by atoms with Gasteiger partial charge in [-0.25, -0.2) is 4.98 Å². The van der Waals surface area contributed by atoms with Gasteiger partial charge in [0.1, 0.15) is 5.82 Å². The summed E-state index contributed by atoms with van der Waals surface area (Å²) >= 11 is 0. The Morgan fingerprint density at radius 2 is 1.85 bits per heavy atom. The summed E-state index contributed by atoms with van der Waals surface area (Å²) in [4.78, 5) is 28.7. The first-order valence-corrected chi connectivity index (χ1v) is 8.71. The summed E-state index contributed by atoms with van der Waals surface area (Å²) in [7, 11) is 1.94. The van der Waals surface area contributed by atoms with Crippen LogP contribution < -0.4 is 10.6 Å². The second-order valence-corrected chi connectivity index (χ2v) is 6.60. The molecule has 1 fully saturated rings. The van der Waals surface area contributed by atoms with E-state index in [9.17, 15) is 9.59 Å². The molecule has 4 rings (SSSR count). The van der Waals surface area contributed by atoms with E-state index >= 15 is 0 Å². The standard InChI is InChI=1S/C20H20N4O2/c1-24-17-5-3-2-4-16(17)23-18(24)12-21-19(25)13-8-10-15(11-9-13)22-20(26)14-6-7-14/h2-5,8-11,14H,6-7,12H2,1H3,(H,21,25)(H,22,26). The van der Waals surface area contributed by atoms with E-state index in [4.69, 9.17) is 0 Å². The molecule has 2 N–H and O–H groups in total. The third-order valence-corrected chi connectivity index (χ3v) is 4.65. The van der Waals surface area contributed by atoms with Crippen LogP contribution in [0, 0.1) is 5.92 Å². The Hall–Kier alpha value is -3.15. The van der Waals surface area contributed by atoms with Crippen LogP contribution in [-0.2, 0) is 18.4 Å². The Morgan fingerprint density at radius 1 is 1.12 bits per heavy atom. The highest BCUT2D eigenvalue weighted by molar-refractivity contribution is 5.96. The van der Waals surface area contributed by atoms with Crippen molar-refractivity contribution in [1.82, 2.24) is 14.9 Å². The topological polar surface area (TPSA) is 76.0 Å². The van der Waals surface area contributed by atoms with Gasteiger partial charge in [0.25, 0.3) is 5.91 Å². The monoisotopic (exact) mass is 348 g/mol. The van der Waals surface area contributed by atoms with Crippen molar-refractivity contribution in [3.63, 3.8) is 0 Å². The predicted octanol–water partition coefficient (Wildman–Crippen LogP) is 2.85. The van der Waals surface area contributed by atoms with Gasteiger partial charge in [-0.3, -0.25) is 9.59 Å². The van der Waals surface area contributed by atoms with Crippen molar-refractivity contribution in [3.8, 4) is 0 Å². The second kappa shape index (κ2) is 6.63. The molecular formula is C20H20N4O2. The minimum absolute atomic E-state index is 0.0593. The first-order valence-electron chi connectivity index (χ1n) is 8.71. The van der Waals surface area contributed by atoms with Crippen LogP contribution in [0.5, 0.6) is 0 Å². The Labute approximate surface area is 151 Å². The number of hydrogen-bond donors (Lipinski definition) is 2. The molecule has 132 valence electrons. The highest BCUT2D eigenvalue weighted by atomic mass is 16.2. The molecule has 0 radical (unpaired) electrons. The fraction of sp³-hybridized carbons (Fsp3) is 0.250. The van der Waals surface area contributed by atoms with Crippen LogP contribution in [0.2, 0.25) is 0 Å². The van der Waals surface area contributed by atoms with E-state index in [1.165, 1.54) is 0 Å². The number of nitrogens with one attached hydrogen (secondary N) is 2.